The van der Waals surface area contributed by atoms with E-state index in [1.165, 1.54) is 35.0 Å². The molecule has 0 aliphatic carbocycles. The molecule has 0 radical (unpaired) electrons. The molecule has 2 aromatic heterocycles. The number of aromatic amines is 2. The average Bonchev–Trinajstić information content (AvgIpc) is 3.16. The summed E-state index contributed by atoms with van der Waals surface area (Å²) < 4.78 is 0. The topological polar surface area (TPSA) is 56.5 Å². The largest absolute Gasteiger partial charge is 0.358 e. The first-order chi connectivity index (χ1) is 9.83. The van der Waals surface area contributed by atoms with E-state index < -0.39 is 0 Å². The molecule has 4 rings (SSSR count). The molecule has 0 amide bonds. The van der Waals surface area contributed by atoms with E-state index in [1.807, 2.05) is 6.20 Å². The number of aromatic nitrogens is 3. The molecule has 1 atom stereocenters. The SMILES string of the molecule is Cc1[nH]c2ccccc2c1-c1cnc(C2CCCN2)[nH]1. The Labute approximate surface area is 117 Å². The Bertz CT molecular complexity index is 747. The van der Waals surface area contributed by atoms with Gasteiger partial charge in [0.15, 0.2) is 0 Å². The molecule has 1 aliphatic rings. The number of para-hydroxylation sites is 1. The fraction of sp³-hybridized carbons (Fsp3) is 0.312. The van der Waals surface area contributed by atoms with Crippen LogP contribution in [-0.4, -0.2) is 21.5 Å². The number of aryl methyl sites for hydroxylation is 1. The highest BCUT2D eigenvalue weighted by Crippen LogP contribution is 2.32. The van der Waals surface area contributed by atoms with Crippen molar-refractivity contribution in [1.82, 2.24) is 20.3 Å². The van der Waals surface area contributed by atoms with Crippen molar-refractivity contribution in [2.24, 2.45) is 0 Å². The van der Waals surface area contributed by atoms with Crippen LogP contribution in [0.1, 0.15) is 30.4 Å². The van der Waals surface area contributed by atoms with Gasteiger partial charge in [0.05, 0.1) is 17.9 Å². The highest BCUT2D eigenvalue weighted by atomic mass is 15.0. The van der Waals surface area contributed by atoms with Gasteiger partial charge in [0, 0.05) is 22.2 Å². The molecule has 3 N–H and O–H groups in total. The number of H-pyrrole nitrogens is 2. The van der Waals surface area contributed by atoms with Gasteiger partial charge in [0.2, 0.25) is 0 Å². The third kappa shape index (κ3) is 1.76. The Morgan fingerprint density at radius 3 is 2.95 bits per heavy atom. The number of fused-ring (bicyclic) bond motifs is 1. The van der Waals surface area contributed by atoms with Crippen LogP contribution in [0.15, 0.2) is 30.5 Å². The van der Waals surface area contributed by atoms with E-state index in [2.05, 4.69) is 51.5 Å². The van der Waals surface area contributed by atoms with Crippen molar-refractivity contribution >= 4 is 10.9 Å². The second-order valence-corrected chi connectivity index (χ2v) is 5.50. The van der Waals surface area contributed by atoms with Crippen molar-refractivity contribution in [1.29, 1.82) is 0 Å². The number of hydrogen-bond acceptors (Lipinski definition) is 2. The minimum Gasteiger partial charge on any atom is -0.358 e. The zero-order chi connectivity index (χ0) is 13.5. The molecule has 4 nitrogen and oxygen atoms in total. The normalized spacial score (nSPS) is 18.9. The minimum absolute atomic E-state index is 0.384. The summed E-state index contributed by atoms with van der Waals surface area (Å²) in [6.45, 7) is 3.20. The van der Waals surface area contributed by atoms with E-state index in [9.17, 15) is 0 Å². The highest BCUT2D eigenvalue weighted by molar-refractivity contribution is 5.96. The maximum Gasteiger partial charge on any atom is 0.123 e. The molecule has 3 aromatic rings. The molecule has 0 spiro atoms. The van der Waals surface area contributed by atoms with Crippen molar-refractivity contribution in [2.45, 2.75) is 25.8 Å². The van der Waals surface area contributed by atoms with Gasteiger partial charge in [-0.1, -0.05) is 18.2 Å². The van der Waals surface area contributed by atoms with E-state index >= 15 is 0 Å². The summed E-state index contributed by atoms with van der Waals surface area (Å²) >= 11 is 0. The Balaban J connectivity index is 1.81. The molecule has 1 fully saturated rings. The quantitative estimate of drug-likeness (QED) is 0.666. The van der Waals surface area contributed by atoms with E-state index in [0.717, 1.165) is 18.1 Å². The van der Waals surface area contributed by atoms with E-state index in [1.54, 1.807) is 0 Å². The Kier molecular flexibility index (Phi) is 2.63. The summed E-state index contributed by atoms with van der Waals surface area (Å²) in [6, 6.07) is 8.79. The first kappa shape index (κ1) is 11.7. The number of imidazole rings is 1. The van der Waals surface area contributed by atoms with Crippen molar-refractivity contribution in [3.05, 3.63) is 42.0 Å². The summed E-state index contributed by atoms with van der Waals surface area (Å²) in [5.74, 6) is 1.06. The van der Waals surface area contributed by atoms with Crippen LogP contribution in [0.2, 0.25) is 0 Å². The van der Waals surface area contributed by atoms with E-state index in [-0.39, 0.29) is 0 Å². The number of rotatable bonds is 2. The highest BCUT2D eigenvalue weighted by Gasteiger charge is 2.20. The second kappa shape index (κ2) is 4.49. The Morgan fingerprint density at radius 1 is 1.20 bits per heavy atom. The maximum absolute atomic E-state index is 4.57. The molecule has 1 unspecified atom stereocenters. The number of hydrogen-bond donors (Lipinski definition) is 3. The van der Waals surface area contributed by atoms with Gasteiger partial charge in [-0.05, 0) is 32.4 Å². The standard InChI is InChI=1S/C16H18N4/c1-10-15(11-5-2-3-6-12(11)19-10)14-9-18-16(20-14)13-7-4-8-17-13/h2-3,5-6,9,13,17,19H,4,7-8H2,1H3,(H,18,20). The van der Waals surface area contributed by atoms with E-state index in [4.69, 9.17) is 0 Å². The van der Waals surface area contributed by atoms with Gasteiger partial charge >= 0.3 is 0 Å². The predicted octanol–water partition coefficient (Wildman–Crippen LogP) is 3.29. The fourth-order valence-electron chi connectivity index (χ4n) is 3.18. The zero-order valence-corrected chi connectivity index (χ0v) is 11.5. The van der Waals surface area contributed by atoms with Crippen molar-refractivity contribution in [2.75, 3.05) is 6.54 Å². The van der Waals surface area contributed by atoms with Crippen molar-refractivity contribution < 1.29 is 0 Å². The lowest BCUT2D eigenvalue weighted by Crippen LogP contribution is -2.14. The van der Waals surface area contributed by atoms with Gasteiger partial charge in [0.1, 0.15) is 5.82 Å². The first-order valence-electron chi connectivity index (χ1n) is 7.19. The third-order valence-corrected chi connectivity index (χ3v) is 4.15. The molecule has 1 aliphatic heterocycles. The van der Waals surface area contributed by atoms with Gasteiger partial charge < -0.3 is 15.3 Å². The number of nitrogens with one attached hydrogen (secondary N) is 3. The summed E-state index contributed by atoms with van der Waals surface area (Å²) in [5, 5.41) is 4.73. The molecular formula is C16H18N4. The summed E-state index contributed by atoms with van der Waals surface area (Å²) in [4.78, 5) is 11.5. The molecule has 1 saturated heterocycles. The van der Waals surface area contributed by atoms with Crippen LogP contribution >= 0.6 is 0 Å². The number of benzene rings is 1. The van der Waals surface area contributed by atoms with Crippen LogP contribution < -0.4 is 5.32 Å². The molecule has 0 bridgehead atoms. The smallest absolute Gasteiger partial charge is 0.123 e. The van der Waals surface area contributed by atoms with Gasteiger partial charge in [-0.2, -0.15) is 0 Å². The average molecular weight is 266 g/mol. The fourth-order valence-corrected chi connectivity index (χ4v) is 3.18. The summed E-state index contributed by atoms with van der Waals surface area (Å²) in [7, 11) is 0. The third-order valence-electron chi connectivity index (χ3n) is 4.15. The van der Waals surface area contributed by atoms with Crippen LogP contribution in [0.25, 0.3) is 22.2 Å². The molecule has 3 heterocycles. The number of nitrogens with zero attached hydrogens (tertiary/aromatic N) is 1. The van der Waals surface area contributed by atoms with Gasteiger partial charge in [-0.15, -0.1) is 0 Å². The van der Waals surface area contributed by atoms with Crippen LogP contribution in [0, 0.1) is 6.92 Å². The van der Waals surface area contributed by atoms with Crippen molar-refractivity contribution in [3.8, 4) is 11.3 Å². The summed E-state index contributed by atoms with van der Waals surface area (Å²) in [6.07, 6.45) is 4.35. The van der Waals surface area contributed by atoms with Crippen LogP contribution in [-0.2, 0) is 0 Å². The van der Waals surface area contributed by atoms with E-state index in [0.29, 0.717) is 6.04 Å². The summed E-state index contributed by atoms with van der Waals surface area (Å²) in [5.41, 5.74) is 4.69. The monoisotopic (exact) mass is 266 g/mol. The van der Waals surface area contributed by atoms with Crippen LogP contribution in [0.3, 0.4) is 0 Å². The molecule has 20 heavy (non-hydrogen) atoms. The molecule has 0 saturated carbocycles. The lowest BCUT2D eigenvalue weighted by atomic mass is 10.1. The Hall–Kier alpha value is -2.07. The van der Waals surface area contributed by atoms with Gasteiger partial charge in [-0.3, -0.25) is 0 Å². The van der Waals surface area contributed by atoms with Crippen molar-refractivity contribution in [3.63, 3.8) is 0 Å². The Morgan fingerprint density at radius 2 is 2.10 bits per heavy atom. The van der Waals surface area contributed by atoms with Crippen LogP contribution in [0.4, 0.5) is 0 Å². The minimum atomic E-state index is 0.384. The molecular weight excluding hydrogens is 248 g/mol. The lowest BCUT2D eigenvalue weighted by Gasteiger charge is -2.05. The first-order valence-corrected chi connectivity index (χ1v) is 7.19. The van der Waals surface area contributed by atoms with Gasteiger partial charge in [0.25, 0.3) is 0 Å². The molecule has 1 aromatic carbocycles. The van der Waals surface area contributed by atoms with Crippen LogP contribution in [0.5, 0.6) is 0 Å². The molecule has 4 heteroatoms. The predicted molar refractivity (Wildman–Crippen MR) is 80.6 cm³/mol. The maximum atomic E-state index is 4.57. The second-order valence-electron chi connectivity index (χ2n) is 5.50. The zero-order valence-electron chi connectivity index (χ0n) is 11.5. The molecule has 102 valence electrons. The lowest BCUT2D eigenvalue weighted by molar-refractivity contribution is 0.613. The van der Waals surface area contributed by atoms with Gasteiger partial charge in [-0.25, -0.2) is 4.98 Å².